The summed E-state index contributed by atoms with van der Waals surface area (Å²) in [6.07, 6.45) is 0. The van der Waals surface area contributed by atoms with Gasteiger partial charge in [-0.15, -0.1) is 5.10 Å². The molecule has 0 unspecified atom stereocenters. The average Bonchev–Trinajstić information content (AvgIpc) is 3.20. The van der Waals surface area contributed by atoms with Crippen molar-refractivity contribution in [3.63, 3.8) is 0 Å². The number of para-hydroxylation sites is 1. The van der Waals surface area contributed by atoms with E-state index in [1.165, 1.54) is 11.1 Å². The first-order chi connectivity index (χ1) is 14.1. The summed E-state index contributed by atoms with van der Waals surface area (Å²) < 4.78 is 1.76. The van der Waals surface area contributed by atoms with Crippen molar-refractivity contribution in [3.05, 3.63) is 65.5 Å². The summed E-state index contributed by atoms with van der Waals surface area (Å²) in [5.74, 6) is 0.796. The zero-order valence-electron chi connectivity index (χ0n) is 16.7. The molecule has 0 bridgehead atoms. The summed E-state index contributed by atoms with van der Waals surface area (Å²) >= 11 is 0. The Labute approximate surface area is 170 Å². The Hall–Kier alpha value is -3.26. The highest BCUT2D eigenvalue weighted by atomic mass is 16.2. The van der Waals surface area contributed by atoms with Gasteiger partial charge in [0.2, 0.25) is 0 Å². The summed E-state index contributed by atoms with van der Waals surface area (Å²) in [6.45, 7) is 7.66. The lowest BCUT2D eigenvalue weighted by atomic mass is 10.1. The molecular formula is C21H25N7O. The van der Waals surface area contributed by atoms with Crippen LogP contribution in [0.15, 0.2) is 48.5 Å². The summed E-state index contributed by atoms with van der Waals surface area (Å²) in [7, 11) is 0. The number of aryl methyl sites for hydroxylation is 2. The predicted molar refractivity (Wildman–Crippen MR) is 111 cm³/mol. The third kappa shape index (κ3) is 4.43. The van der Waals surface area contributed by atoms with Gasteiger partial charge in [-0.3, -0.25) is 4.90 Å². The maximum absolute atomic E-state index is 12.6. The average molecular weight is 391 g/mol. The van der Waals surface area contributed by atoms with Gasteiger partial charge in [-0.1, -0.05) is 24.3 Å². The number of tetrazole rings is 1. The van der Waals surface area contributed by atoms with Crippen molar-refractivity contribution < 1.29 is 4.79 Å². The van der Waals surface area contributed by atoms with Crippen LogP contribution in [0.25, 0.3) is 5.69 Å². The Bertz CT molecular complexity index is 978. The van der Waals surface area contributed by atoms with Gasteiger partial charge < -0.3 is 10.2 Å². The third-order valence-electron chi connectivity index (χ3n) is 5.32. The van der Waals surface area contributed by atoms with Crippen LogP contribution in [-0.4, -0.2) is 62.2 Å². The fourth-order valence-electron chi connectivity index (χ4n) is 3.40. The van der Waals surface area contributed by atoms with E-state index in [2.05, 4.69) is 32.7 Å². The Morgan fingerprint density at radius 1 is 1.00 bits per heavy atom. The fourth-order valence-corrected chi connectivity index (χ4v) is 3.40. The smallest absolute Gasteiger partial charge is 0.321 e. The minimum Gasteiger partial charge on any atom is -0.322 e. The van der Waals surface area contributed by atoms with Gasteiger partial charge >= 0.3 is 6.03 Å². The number of hydrogen-bond donors (Lipinski definition) is 1. The Morgan fingerprint density at radius 3 is 2.48 bits per heavy atom. The lowest BCUT2D eigenvalue weighted by Gasteiger charge is -2.34. The van der Waals surface area contributed by atoms with E-state index in [-0.39, 0.29) is 6.03 Å². The van der Waals surface area contributed by atoms with Crippen LogP contribution in [0.4, 0.5) is 10.5 Å². The fraction of sp³-hybridized carbons (Fsp3) is 0.333. The van der Waals surface area contributed by atoms with Crippen LogP contribution in [0.1, 0.15) is 17.0 Å². The minimum absolute atomic E-state index is 0.0537. The molecule has 1 aliphatic heterocycles. The number of urea groups is 1. The topological polar surface area (TPSA) is 79.2 Å². The second kappa shape index (κ2) is 8.40. The number of nitrogens with zero attached hydrogens (tertiary/aromatic N) is 6. The van der Waals surface area contributed by atoms with E-state index in [4.69, 9.17) is 0 Å². The van der Waals surface area contributed by atoms with Crippen molar-refractivity contribution in [3.8, 4) is 5.69 Å². The maximum Gasteiger partial charge on any atom is 0.321 e. The SMILES string of the molecule is Cc1ccc(NC(=O)N2CCN(Cc3nnnn3-c3ccccc3)CC2)cc1C. The van der Waals surface area contributed by atoms with E-state index in [0.29, 0.717) is 19.6 Å². The Kier molecular flexibility index (Phi) is 5.53. The van der Waals surface area contributed by atoms with Crippen LogP contribution in [0.2, 0.25) is 0 Å². The molecule has 29 heavy (non-hydrogen) atoms. The molecule has 2 amide bonds. The molecule has 0 spiro atoms. The summed E-state index contributed by atoms with van der Waals surface area (Å²) in [6, 6.07) is 15.8. The third-order valence-corrected chi connectivity index (χ3v) is 5.32. The largest absolute Gasteiger partial charge is 0.322 e. The molecule has 0 atom stereocenters. The maximum atomic E-state index is 12.6. The second-order valence-electron chi connectivity index (χ2n) is 7.33. The van der Waals surface area contributed by atoms with Crippen LogP contribution in [0.5, 0.6) is 0 Å². The lowest BCUT2D eigenvalue weighted by molar-refractivity contribution is 0.140. The van der Waals surface area contributed by atoms with Gasteiger partial charge in [0.05, 0.1) is 12.2 Å². The molecule has 0 radical (unpaired) electrons. The van der Waals surface area contributed by atoms with Gasteiger partial charge in [0.15, 0.2) is 5.82 Å². The first-order valence-electron chi connectivity index (χ1n) is 9.78. The number of hydrogen-bond acceptors (Lipinski definition) is 5. The van der Waals surface area contributed by atoms with Gasteiger partial charge in [0.25, 0.3) is 0 Å². The quantitative estimate of drug-likeness (QED) is 0.740. The number of benzene rings is 2. The first kappa shape index (κ1) is 19.1. The molecule has 4 rings (SSSR count). The van der Waals surface area contributed by atoms with E-state index in [0.717, 1.165) is 30.3 Å². The van der Waals surface area contributed by atoms with Crippen LogP contribution in [0, 0.1) is 13.8 Å². The number of anilines is 1. The molecule has 1 N–H and O–H groups in total. The van der Waals surface area contributed by atoms with E-state index >= 15 is 0 Å². The van der Waals surface area contributed by atoms with Crippen molar-refractivity contribution in [1.82, 2.24) is 30.0 Å². The van der Waals surface area contributed by atoms with Gasteiger partial charge in [0, 0.05) is 31.9 Å². The highest BCUT2D eigenvalue weighted by Gasteiger charge is 2.23. The van der Waals surface area contributed by atoms with Crippen molar-refractivity contribution in [2.45, 2.75) is 20.4 Å². The van der Waals surface area contributed by atoms with Crippen molar-refractivity contribution in [2.75, 3.05) is 31.5 Å². The summed E-state index contributed by atoms with van der Waals surface area (Å²) in [5.41, 5.74) is 4.17. The molecule has 8 heteroatoms. The number of carbonyl (C=O) groups excluding carboxylic acids is 1. The highest BCUT2D eigenvalue weighted by Crippen LogP contribution is 2.16. The molecule has 1 fully saturated rings. The molecule has 1 aromatic heterocycles. The normalized spacial score (nSPS) is 14.8. The molecular weight excluding hydrogens is 366 g/mol. The molecule has 2 aromatic carbocycles. The van der Waals surface area contributed by atoms with E-state index in [9.17, 15) is 4.79 Å². The van der Waals surface area contributed by atoms with Crippen LogP contribution in [-0.2, 0) is 6.54 Å². The van der Waals surface area contributed by atoms with Crippen LogP contribution < -0.4 is 5.32 Å². The number of nitrogens with one attached hydrogen (secondary N) is 1. The summed E-state index contributed by atoms with van der Waals surface area (Å²) in [5, 5.41) is 15.1. The molecule has 1 saturated heterocycles. The monoisotopic (exact) mass is 391 g/mol. The zero-order chi connectivity index (χ0) is 20.2. The van der Waals surface area contributed by atoms with E-state index in [1.807, 2.05) is 60.4 Å². The van der Waals surface area contributed by atoms with Crippen molar-refractivity contribution in [1.29, 1.82) is 0 Å². The molecule has 8 nitrogen and oxygen atoms in total. The second-order valence-corrected chi connectivity index (χ2v) is 7.33. The standard InChI is InChI=1S/C21H25N7O/c1-16-8-9-18(14-17(16)2)22-21(29)27-12-10-26(11-13-27)15-20-23-24-25-28(20)19-6-4-3-5-7-19/h3-9,14H,10-13,15H2,1-2H3,(H,22,29). The number of piperazine rings is 1. The number of aromatic nitrogens is 4. The van der Waals surface area contributed by atoms with Gasteiger partial charge in [-0.05, 0) is 59.7 Å². The first-order valence-corrected chi connectivity index (χ1v) is 9.78. The Morgan fingerprint density at radius 2 is 1.76 bits per heavy atom. The van der Waals surface area contributed by atoms with Gasteiger partial charge in [-0.2, -0.15) is 4.68 Å². The van der Waals surface area contributed by atoms with E-state index in [1.54, 1.807) is 4.68 Å². The lowest BCUT2D eigenvalue weighted by Crippen LogP contribution is -2.49. The predicted octanol–water partition coefficient (Wildman–Crippen LogP) is 2.63. The van der Waals surface area contributed by atoms with Gasteiger partial charge in [-0.25, -0.2) is 4.79 Å². The highest BCUT2D eigenvalue weighted by molar-refractivity contribution is 5.89. The number of rotatable bonds is 4. The zero-order valence-corrected chi connectivity index (χ0v) is 16.7. The minimum atomic E-state index is -0.0537. The Balaban J connectivity index is 1.32. The van der Waals surface area contributed by atoms with Crippen molar-refractivity contribution in [2.24, 2.45) is 0 Å². The van der Waals surface area contributed by atoms with Crippen LogP contribution >= 0.6 is 0 Å². The molecule has 0 aliphatic carbocycles. The van der Waals surface area contributed by atoms with Gasteiger partial charge in [0.1, 0.15) is 0 Å². The number of amides is 2. The molecule has 1 aliphatic rings. The number of carbonyl (C=O) groups is 1. The summed E-state index contributed by atoms with van der Waals surface area (Å²) in [4.78, 5) is 16.7. The molecule has 0 saturated carbocycles. The molecule has 2 heterocycles. The molecule has 150 valence electrons. The molecule has 3 aromatic rings. The van der Waals surface area contributed by atoms with Crippen molar-refractivity contribution >= 4 is 11.7 Å². The van der Waals surface area contributed by atoms with E-state index < -0.39 is 0 Å². The van der Waals surface area contributed by atoms with Crippen LogP contribution in [0.3, 0.4) is 0 Å².